The van der Waals surface area contributed by atoms with Gasteiger partial charge in [-0.2, -0.15) is 0 Å². The topological polar surface area (TPSA) is 40.3 Å². The number of rotatable bonds is 3. The number of fused-ring (bicyclic) bond motifs is 11. The molecule has 4 aromatic heterocycles. The minimum absolute atomic E-state index is 0.853. The van der Waals surface area contributed by atoms with E-state index in [0.29, 0.717) is 0 Å². The van der Waals surface area contributed by atoms with Gasteiger partial charge in [0, 0.05) is 21.8 Å². The zero-order chi connectivity index (χ0) is 31.3. The normalized spacial score (nSPS) is 12.2. The first-order valence-corrected chi connectivity index (χ1v) is 16.2. The predicted octanol–water partition coefficient (Wildman–Crippen LogP) is 11.1. The van der Waals surface area contributed by atoms with E-state index in [2.05, 4.69) is 165 Å². The van der Waals surface area contributed by atoms with Crippen LogP contribution in [0.3, 0.4) is 0 Å². The molecule has 5 nitrogen and oxygen atoms in total. The van der Waals surface area contributed by atoms with Crippen molar-refractivity contribution in [1.29, 1.82) is 0 Å². The summed E-state index contributed by atoms with van der Waals surface area (Å²) in [5, 5.41) is 4.67. The summed E-state index contributed by atoms with van der Waals surface area (Å²) in [6.07, 6.45) is 0. The van der Waals surface area contributed by atoms with Crippen molar-refractivity contribution in [2.24, 2.45) is 0 Å². The van der Waals surface area contributed by atoms with E-state index in [0.717, 1.165) is 72.3 Å². The van der Waals surface area contributed by atoms with E-state index in [9.17, 15) is 0 Å². The highest BCUT2D eigenvalue weighted by molar-refractivity contribution is 6.12. The maximum absolute atomic E-state index is 6.50. The van der Waals surface area contributed by atoms with Gasteiger partial charge >= 0.3 is 0 Å². The van der Waals surface area contributed by atoms with Gasteiger partial charge in [-0.05, 0) is 83.9 Å². The summed E-state index contributed by atoms with van der Waals surface area (Å²) in [4.78, 5) is 5.14. The average Bonchev–Trinajstić information content (AvgIpc) is 3.88. The molecule has 0 fully saturated rings. The van der Waals surface area contributed by atoms with E-state index in [4.69, 9.17) is 9.40 Å². The molecule has 0 aliphatic carbocycles. The summed E-state index contributed by atoms with van der Waals surface area (Å²) in [5.41, 5.74) is 12.9. The minimum Gasteiger partial charge on any atom is -0.456 e. The highest BCUT2D eigenvalue weighted by Crippen LogP contribution is 2.39. The zero-order valence-electron chi connectivity index (χ0n) is 25.7. The lowest BCUT2D eigenvalue weighted by molar-refractivity contribution is 0.669. The van der Waals surface area contributed by atoms with Crippen LogP contribution in [0, 0.1) is 0 Å². The van der Waals surface area contributed by atoms with Gasteiger partial charge in [-0.25, -0.2) is 4.98 Å². The van der Waals surface area contributed by atoms with Gasteiger partial charge in [0.15, 0.2) is 0 Å². The predicted molar refractivity (Wildman–Crippen MR) is 197 cm³/mol. The molecule has 0 aliphatic heterocycles. The van der Waals surface area contributed by atoms with Crippen LogP contribution in [0.1, 0.15) is 0 Å². The van der Waals surface area contributed by atoms with Crippen LogP contribution in [-0.4, -0.2) is 18.5 Å². The van der Waals surface area contributed by atoms with Gasteiger partial charge in [0.1, 0.15) is 11.2 Å². The van der Waals surface area contributed by atoms with E-state index >= 15 is 0 Å². The molecule has 0 spiro atoms. The molecule has 0 bridgehead atoms. The van der Waals surface area contributed by atoms with Gasteiger partial charge in [-0.1, -0.05) is 84.9 Å². The van der Waals surface area contributed by atoms with Crippen molar-refractivity contribution in [2.75, 3.05) is 0 Å². The second-order valence-electron chi connectivity index (χ2n) is 12.4. The van der Waals surface area contributed by atoms with Crippen molar-refractivity contribution < 1.29 is 4.42 Å². The summed E-state index contributed by atoms with van der Waals surface area (Å²) in [6, 6.07) is 55.9. The van der Waals surface area contributed by atoms with Crippen molar-refractivity contribution in [3.05, 3.63) is 158 Å². The maximum atomic E-state index is 6.50. The molecular formula is C43H26N4O. The number of imidazole rings is 2. The average molecular weight is 615 g/mol. The number of aromatic nitrogens is 4. The van der Waals surface area contributed by atoms with Gasteiger partial charge in [0.25, 0.3) is 0 Å². The first-order chi connectivity index (χ1) is 23.8. The molecule has 0 unspecified atom stereocenters. The van der Waals surface area contributed by atoms with Gasteiger partial charge in [0.2, 0.25) is 5.78 Å². The Balaban J connectivity index is 1.15. The van der Waals surface area contributed by atoms with E-state index in [1.54, 1.807) is 0 Å². The van der Waals surface area contributed by atoms with Crippen LogP contribution in [-0.2, 0) is 0 Å². The Bertz CT molecular complexity index is 3030. The Morgan fingerprint density at radius 2 is 1.10 bits per heavy atom. The van der Waals surface area contributed by atoms with Crippen molar-refractivity contribution in [2.45, 2.75) is 0 Å². The molecule has 0 atom stereocenters. The first-order valence-electron chi connectivity index (χ1n) is 16.2. The largest absolute Gasteiger partial charge is 0.456 e. The van der Waals surface area contributed by atoms with Crippen LogP contribution in [0.2, 0.25) is 0 Å². The molecule has 5 heteroatoms. The summed E-state index contributed by atoms with van der Waals surface area (Å²) in [6.45, 7) is 0. The van der Waals surface area contributed by atoms with E-state index in [1.807, 2.05) is 6.07 Å². The molecule has 4 heterocycles. The van der Waals surface area contributed by atoms with Crippen molar-refractivity contribution in [3.8, 4) is 22.5 Å². The van der Waals surface area contributed by atoms with Crippen LogP contribution in [0.25, 0.3) is 94.1 Å². The van der Waals surface area contributed by atoms with Crippen LogP contribution in [0.5, 0.6) is 0 Å². The number of hydrogen-bond donors (Lipinski definition) is 0. The van der Waals surface area contributed by atoms with Crippen molar-refractivity contribution in [1.82, 2.24) is 18.5 Å². The Morgan fingerprint density at radius 1 is 0.438 bits per heavy atom. The molecule has 0 amide bonds. The van der Waals surface area contributed by atoms with Gasteiger partial charge in [0.05, 0.1) is 44.2 Å². The monoisotopic (exact) mass is 614 g/mol. The van der Waals surface area contributed by atoms with E-state index < -0.39 is 0 Å². The highest BCUT2D eigenvalue weighted by atomic mass is 16.3. The Morgan fingerprint density at radius 3 is 1.92 bits per heavy atom. The molecule has 11 rings (SSSR count). The quantitative estimate of drug-likeness (QED) is 0.199. The van der Waals surface area contributed by atoms with Crippen molar-refractivity contribution >= 4 is 71.6 Å². The fourth-order valence-corrected chi connectivity index (χ4v) is 7.79. The third-order valence-corrected chi connectivity index (χ3v) is 9.84. The summed E-state index contributed by atoms with van der Waals surface area (Å²) >= 11 is 0. The van der Waals surface area contributed by atoms with E-state index in [-0.39, 0.29) is 0 Å². The van der Waals surface area contributed by atoms with Crippen LogP contribution in [0.15, 0.2) is 162 Å². The fraction of sp³-hybridized carbons (Fsp3) is 0. The second-order valence-corrected chi connectivity index (χ2v) is 12.4. The summed E-state index contributed by atoms with van der Waals surface area (Å²) < 4.78 is 13.4. The molecule has 0 radical (unpaired) electrons. The zero-order valence-corrected chi connectivity index (χ0v) is 25.7. The maximum Gasteiger partial charge on any atom is 0.220 e. The Labute approximate surface area is 274 Å². The third-order valence-electron chi connectivity index (χ3n) is 9.84. The number of para-hydroxylation sites is 6. The summed E-state index contributed by atoms with van der Waals surface area (Å²) in [7, 11) is 0. The van der Waals surface area contributed by atoms with Crippen LogP contribution >= 0.6 is 0 Å². The molecule has 7 aromatic carbocycles. The molecule has 224 valence electrons. The number of benzene rings is 7. The lowest BCUT2D eigenvalue weighted by Gasteiger charge is -2.11. The van der Waals surface area contributed by atoms with Gasteiger partial charge in [-0.15, -0.1) is 0 Å². The molecule has 0 N–H and O–H groups in total. The smallest absolute Gasteiger partial charge is 0.220 e. The van der Waals surface area contributed by atoms with Crippen molar-refractivity contribution in [3.63, 3.8) is 0 Å². The highest BCUT2D eigenvalue weighted by Gasteiger charge is 2.21. The number of nitrogens with zero attached hydrogens (tertiary/aromatic N) is 4. The summed E-state index contributed by atoms with van der Waals surface area (Å²) in [5.74, 6) is 0.884. The lowest BCUT2D eigenvalue weighted by Crippen LogP contribution is -1.96. The second kappa shape index (κ2) is 9.47. The molecule has 0 saturated carbocycles. The first kappa shape index (κ1) is 25.6. The van der Waals surface area contributed by atoms with Gasteiger partial charge in [-0.3, -0.25) is 8.97 Å². The van der Waals surface area contributed by atoms with Crippen LogP contribution in [0.4, 0.5) is 0 Å². The molecule has 0 aliphatic rings. The molecule has 48 heavy (non-hydrogen) atoms. The Kier molecular flexibility index (Phi) is 5.05. The standard InChI is InChI=1S/C43H26N4O/c1-4-16-34-30(13-1)31-14-2-5-17-35(31)45(34)29-12-9-11-27(25-29)28-23-24-40-32(26-28)42-39(21-10-22-41(42)48-40)47-38-20-8-7-19-37(38)46-36-18-6-3-15-33(36)44-43(46)47/h1-26H. The van der Waals surface area contributed by atoms with E-state index in [1.165, 1.54) is 21.8 Å². The molecular weight excluding hydrogens is 589 g/mol. The third kappa shape index (κ3) is 3.42. The Hall–Kier alpha value is -6.59. The molecule has 0 saturated heterocycles. The SMILES string of the molecule is c1cc(-c2ccc3oc4cccc(-n5c6ccccc6n6c7ccccc7nc56)c4c3c2)cc(-n2c3ccccc3c3ccccc32)c1. The number of furan rings is 1. The van der Waals surface area contributed by atoms with Gasteiger partial charge < -0.3 is 8.98 Å². The number of hydrogen-bond acceptors (Lipinski definition) is 2. The lowest BCUT2D eigenvalue weighted by atomic mass is 10.0. The van der Waals surface area contributed by atoms with Crippen LogP contribution < -0.4 is 0 Å². The minimum atomic E-state index is 0.853. The molecule has 11 aromatic rings. The fourth-order valence-electron chi connectivity index (χ4n) is 7.79.